The van der Waals surface area contributed by atoms with Crippen molar-refractivity contribution in [3.05, 3.63) is 65.7 Å². The third-order valence-electron chi connectivity index (χ3n) is 5.38. The molecule has 0 bridgehead atoms. The van der Waals surface area contributed by atoms with Crippen molar-refractivity contribution in [2.45, 2.75) is 32.2 Å². The van der Waals surface area contributed by atoms with Crippen molar-refractivity contribution in [3.63, 3.8) is 0 Å². The molecular formula is C23H30N2O2. The number of nitrogens with one attached hydrogen (secondary N) is 1. The molecule has 144 valence electrons. The fourth-order valence-corrected chi connectivity index (χ4v) is 3.65. The Morgan fingerprint density at radius 3 is 2.41 bits per heavy atom. The third kappa shape index (κ3) is 6.40. The maximum atomic E-state index is 12.1. The van der Waals surface area contributed by atoms with E-state index in [2.05, 4.69) is 40.5 Å². The fourth-order valence-electron chi connectivity index (χ4n) is 3.65. The molecule has 1 heterocycles. The molecule has 4 heteroatoms. The molecule has 0 aromatic heterocycles. The molecule has 4 nitrogen and oxygen atoms in total. The van der Waals surface area contributed by atoms with E-state index < -0.39 is 0 Å². The first-order chi connectivity index (χ1) is 13.2. The predicted molar refractivity (Wildman–Crippen MR) is 109 cm³/mol. The highest BCUT2D eigenvalue weighted by molar-refractivity contribution is 5.76. The summed E-state index contributed by atoms with van der Waals surface area (Å²) in [6.45, 7) is 3.63. The summed E-state index contributed by atoms with van der Waals surface area (Å²) < 4.78 is 5.15. The van der Waals surface area contributed by atoms with Crippen LogP contribution in [0.4, 0.5) is 0 Å². The first-order valence-electron chi connectivity index (χ1n) is 9.89. The maximum Gasteiger partial charge on any atom is 0.221 e. The standard InChI is InChI=1S/C23H30N2O2/c1-27-22-9-7-21(8-10-22)18-24-23(26)13-16-25-14-11-20(12-15-25)17-19-5-3-2-4-6-19/h2-10,20H,11-18H2,1H3,(H,24,26). The Labute approximate surface area is 162 Å². The Balaban J connectivity index is 1.31. The summed E-state index contributed by atoms with van der Waals surface area (Å²) in [7, 11) is 1.65. The van der Waals surface area contributed by atoms with Crippen molar-refractivity contribution in [1.82, 2.24) is 10.2 Å². The second kappa shape index (κ2) is 10.1. The van der Waals surface area contributed by atoms with Crippen molar-refractivity contribution >= 4 is 5.91 Å². The average Bonchev–Trinajstić information content (AvgIpc) is 2.73. The van der Waals surface area contributed by atoms with Gasteiger partial charge in [0.15, 0.2) is 0 Å². The zero-order chi connectivity index (χ0) is 18.9. The van der Waals surface area contributed by atoms with E-state index in [9.17, 15) is 4.79 Å². The van der Waals surface area contributed by atoms with Crippen LogP contribution in [0.3, 0.4) is 0 Å². The lowest BCUT2D eigenvalue weighted by Gasteiger charge is -2.31. The molecule has 1 fully saturated rings. The van der Waals surface area contributed by atoms with Gasteiger partial charge in [-0.25, -0.2) is 0 Å². The van der Waals surface area contributed by atoms with E-state index in [1.54, 1.807) is 7.11 Å². The first-order valence-corrected chi connectivity index (χ1v) is 9.89. The highest BCUT2D eigenvalue weighted by Gasteiger charge is 2.19. The van der Waals surface area contributed by atoms with Crippen LogP contribution >= 0.6 is 0 Å². The second-order valence-corrected chi connectivity index (χ2v) is 7.35. The molecule has 0 aliphatic carbocycles. The largest absolute Gasteiger partial charge is 0.497 e. The van der Waals surface area contributed by atoms with Gasteiger partial charge in [0.1, 0.15) is 5.75 Å². The lowest BCUT2D eigenvalue weighted by atomic mass is 9.90. The lowest BCUT2D eigenvalue weighted by molar-refractivity contribution is -0.121. The summed E-state index contributed by atoms with van der Waals surface area (Å²) in [6, 6.07) is 18.6. The normalized spacial score (nSPS) is 15.4. The summed E-state index contributed by atoms with van der Waals surface area (Å²) in [4.78, 5) is 14.6. The number of rotatable bonds is 8. The van der Waals surface area contributed by atoms with E-state index >= 15 is 0 Å². The van der Waals surface area contributed by atoms with Gasteiger partial charge in [0.05, 0.1) is 7.11 Å². The molecule has 0 radical (unpaired) electrons. The number of piperidine rings is 1. The van der Waals surface area contributed by atoms with E-state index in [1.807, 2.05) is 24.3 Å². The van der Waals surface area contributed by atoms with Gasteiger partial charge in [0, 0.05) is 19.5 Å². The maximum absolute atomic E-state index is 12.1. The average molecular weight is 367 g/mol. The van der Waals surface area contributed by atoms with Crippen LogP contribution in [0.1, 0.15) is 30.4 Å². The number of carbonyl (C=O) groups is 1. The van der Waals surface area contributed by atoms with Crippen molar-refractivity contribution in [2.75, 3.05) is 26.7 Å². The van der Waals surface area contributed by atoms with E-state index in [-0.39, 0.29) is 5.91 Å². The van der Waals surface area contributed by atoms with Crippen LogP contribution < -0.4 is 10.1 Å². The quantitative estimate of drug-likeness (QED) is 0.775. The summed E-state index contributed by atoms with van der Waals surface area (Å²) in [5, 5.41) is 3.01. The van der Waals surface area contributed by atoms with E-state index in [1.165, 1.54) is 24.8 Å². The number of benzene rings is 2. The van der Waals surface area contributed by atoms with Gasteiger partial charge >= 0.3 is 0 Å². The van der Waals surface area contributed by atoms with Crippen LogP contribution in [-0.4, -0.2) is 37.6 Å². The summed E-state index contributed by atoms with van der Waals surface area (Å²) in [6.07, 6.45) is 4.20. The minimum absolute atomic E-state index is 0.122. The van der Waals surface area contributed by atoms with Crippen LogP contribution in [0.5, 0.6) is 5.75 Å². The van der Waals surface area contributed by atoms with E-state index in [4.69, 9.17) is 4.74 Å². The van der Waals surface area contributed by atoms with Crippen molar-refractivity contribution in [2.24, 2.45) is 5.92 Å². The van der Waals surface area contributed by atoms with E-state index in [0.29, 0.717) is 13.0 Å². The van der Waals surface area contributed by atoms with Crippen molar-refractivity contribution < 1.29 is 9.53 Å². The zero-order valence-electron chi connectivity index (χ0n) is 16.2. The van der Waals surface area contributed by atoms with Gasteiger partial charge in [-0.2, -0.15) is 0 Å². The number of hydrogen-bond acceptors (Lipinski definition) is 3. The second-order valence-electron chi connectivity index (χ2n) is 7.35. The molecule has 1 aliphatic rings. The van der Waals surface area contributed by atoms with Crippen LogP contribution in [0, 0.1) is 5.92 Å². The van der Waals surface area contributed by atoms with Crippen molar-refractivity contribution in [3.8, 4) is 5.75 Å². The molecule has 0 atom stereocenters. The minimum atomic E-state index is 0.122. The fraction of sp³-hybridized carbons (Fsp3) is 0.435. The smallest absolute Gasteiger partial charge is 0.221 e. The highest BCUT2D eigenvalue weighted by Crippen LogP contribution is 2.21. The topological polar surface area (TPSA) is 41.6 Å². The molecule has 3 rings (SSSR count). The summed E-state index contributed by atoms with van der Waals surface area (Å²) in [5.41, 5.74) is 2.53. The SMILES string of the molecule is COc1ccc(CNC(=O)CCN2CCC(Cc3ccccc3)CC2)cc1. The lowest BCUT2D eigenvalue weighted by Crippen LogP contribution is -2.37. The Kier molecular flexibility index (Phi) is 7.28. The molecule has 2 aromatic rings. The Morgan fingerprint density at radius 1 is 1.04 bits per heavy atom. The van der Waals surface area contributed by atoms with Crippen molar-refractivity contribution in [1.29, 1.82) is 0 Å². The van der Waals surface area contributed by atoms with Crippen LogP contribution in [0.15, 0.2) is 54.6 Å². The number of methoxy groups -OCH3 is 1. The Bertz CT molecular complexity index is 692. The number of hydrogen-bond donors (Lipinski definition) is 1. The van der Waals surface area contributed by atoms with Gasteiger partial charge in [0.2, 0.25) is 5.91 Å². The summed E-state index contributed by atoms with van der Waals surface area (Å²) >= 11 is 0. The number of carbonyl (C=O) groups excluding carboxylic acids is 1. The first kappa shape index (κ1) is 19.4. The molecule has 0 unspecified atom stereocenters. The molecule has 1 saturated heterocycles. The number of amides is 1. The number of nitrogens with zero attached hydrogens (tertiary/aromatic N) is 1. The van der Waals surface area contributed by atoms with Crippen LogP contribution in [0.2, 0.25) is 0 Å². The van der Waals surface area contributed by atoms with Gasteiger partial charge in [-0.3, -0.25) is 4.79 Å². The molecule has 1 aliphatic heterocycles. The minimum Gasteiger partial charge on any atom is -0.497 e. The Morgan fingerprint density at radius 2 is 1.74 bits per heavy atom. The van der Waals surface area contributed by atoms with Gasteiger partial charge in [-0.1, -0.05) is 42.5 Å². The van der Waals surface area contributed by atoms with Crippen LogP contribution in [0.25, 0.3) is 0 Å². The molecule has 0 saturated carbocycles. The van der Waals surface area contributed by atoms with Gasteiger partial charge in [-0.05, 0) is 61.5 Å². The van der Waals surface area contributed by atoms with Gasteiger partial charge < -0.3 is 15.0 Å². The van der Waals surface area contributed by atoms with Gasteiger partial charge in [-0.15, -0.1) is 0 Å². The summed E-state index contributed by atoms with van der Waals surface area (Å²) in [5.74, 6) is 1.73. The Hall–Kier alpha value is -2.33. The molecular weight excluding hydrogens is 336 g/mol. The molecule has 2 aromatic carbocycles. The number of likely N-dealkylation sites (tertiary alicyclic amines) is 1. The molecule has 1 amide bonds. The number of ether oxygens (including phenoxy) is 1. The van der Waals surface area contributed by atoms with Gasteiger partial charge in [0.25, 0.3) is 0 Å². The van der Waals surface area contributed by atoms with E-state index in [0.717, 1.165) is 36.9 Å². The monoisotopic (exact) mass is 366 g/mol. The molecule has 0 spiro atoms. The van der Waals surface area contributed by atoms with Crippen LogP contribution in [-0.2, 0) is 17.8 Å². The highest BCUT2D eigenvalue weighted by atomic mass is 16.5. The third-order valence-corrected chi connectivity index (χ3v) is 5.38. The molecule has 1 N–H and O–H groups in total. The zero-order valence-corrected chi connectivity index (χ0v) is 16.2. The predicted octanol–water partition coefficient (Wildman–Crippen LogP) is 3.66. The molecule has 27 heavy (non-hydrogen) atoms.